The number of hydrogen-bond donors (Lipinski definition) is 5. The molecule has 7 heteroatoms. The summed E-state index contributed by atoms with van der Waals surface area (Å²) in [6.07, 6.45) is 0.473. The average Bonchev–Trinajstić information content (AvgIpc) is 2.50. The maximum absolute atomic E-state index is 11.2. The minimum atomic E-state index is -1.19. The lowest BCUT2D eigenvalue weighted by atomic mass is 10.1. The van der Waals surface area contributed by atoms with Crippen LogP contribution in [-0.2, 0) is 4.74 Å². The molecule has 2 heterocycles. The number of aliphatic hydroxyl groups is 3. The monoisotopic (exact) mass is 242 g/mol. The fourth-order valence-corrected chi connectivity index (χ4v) is 1.81. The van der Waals surface area contributed by atoms with Crippen molar-refractivity contribution in [1.29, 1.82) is 0 Å². The molecule has 4 atom stereocenters. The summed E-state index contributed by atoms with van der Waals surface area (Å²) in [7, 11) is 0. The number of carbonyl (C=O) groups is 1. The van der Waals surface area contributed by atoms with Crippen LogP contribution in [0.4, 0.5) is 4.79 Å². The van der Waals surface area contributed by atoms with Crippen molar-refractivity contribution in [2.75, 3.05) is 6.61 Å². The van der Waals surface area contributed by atoms with Crippen LogP contribution in [-0.4, -0.2) is 52.4 Å². The van der Waals surface area contributed by atoms with Gasteiger partial charge in [-0.15, -0.1) is 0 Å². The Hall–Kier alpha value is -1.41. The molecule has 2 aliphatic heterocycles. The van der Waals surface area contributed by atoms with Crippen molar-refractivity contribution < 1.29 is 24.9 Å². The summed E-state index contributed by atoms with van der Waals surface area (Å²) in [5, 5.41) is 33.2. The van der Waals surface area contributed by atoms with E-state index in [1.165, 1.54) is 6.20 Å². The van der Waals surface area contributed by atoms with Crippen LogP contribution < -0.4 is 10.6 Å². The van der Waals surface area contributed by atoms with Gasteiger partial charge in [-0.1, -0.05) is 0 Å². The Bertz CT molecular complexity index is 368. The van der Waals surface area contributed by atoms with E-state index in [1.807, 2.05) is 0 Å². The van der Waals surface area contributed by atoms with Gasteiger partial charge in [-0.05, 0) is 12.2 Å². The number of urea groups is 1. The highest BCUT2D eigenvalue weighted by molar-refractivity contribution is 5.77. The van der Waals surface area contributed by atoms with Crippen LogP contribution in [0.3, 0.4) is 0 Å². The molecule has 0 saturated carbocycles. The molecule has 1 unspecified atom stereocenters. The first-order chi connectivity index (χ1) is 8.13. The zero-order valence-electron chi connectivity index (χ0n) is 8.91. The zero-order valence-corrected chi connectivity index (χ0v) is 8.91. The molecule has 0 spiro atoms. The molecule has 0 aromatic heterocycles. The minimum absolute atomic E-state index is 0.332. The number of amides is 2. The van der Waals surface area contributed by atoms with E-state index in [0.717, 1.165) is 0 Å². The predicted octanol–water partition coefficient (Wildman–Crippen LogP) is -1.82. The van der Waals surface area contributed by atoms with Crippen LogP contribution in [0, 0.1) is 0 Å². The van der Waals surface area contributed by atoms with Gasteiger partial charge in [-0.3, -0.25) is 0 Å². The van der Waals surface area contributed by atoms with Gasteiger partial charge in [0.2, 0.25) is 0 Å². The number of aliphatic hydroxyl groups excluding tert-OH is 3. The molecule has 0 aromatic rings. The summed E-state index contributed by atoms with van der Waals surface area (Å²) in [6.45, 7) is -0.399. The van der Waals surface area contributed by atoms with E-state index in [1.54, 1.807) is 12.2 Å². The van der Waals surface area contributed by atoms with E-state index >= 15 is 0 Å². The molecule has 1 saturated heterocycles. The molecule has 2 amide bonds. The first-order valence-corrected chi connectivity index (χ1v) is 5.20. The van der Waals surface area contributed by atoms with Crippen molar-refractivity contribution in [3.8, 4) is 0 Å². The Labute approximate surface area is 97.4 Å². The van der Waals surface area contributed by atoms with Gasteiger partial charge in [0.05, 0.1) is 12.3 Å². The van der Waals surface area contributed by atoms with E-state index < -0.39 is 37.1 Å². The van der Waals surface area contributed by atoms with Crippen LogP contribution in [0.2, 0.25) is 0 Å². The van der Waals surface area contributed by atoms with Crippen LogP contribution in [0.15, 0.2) is 24.0 Å². The SMILES string of the molecule is O=C1NC=CC=C(C2O[C@H](CO)[C@@H](O)[C@H]2O)N1. The van der Waals surface area contributed by atoms with Crippen LogP contribution in [0.25, 0.3) is 0 Å². The Morgan fingerprint density at radius 1 is 1.35 bits per heavy atom. The fourth-order valence-electron chi connectivity index (χ4n) is 1.81. The standard InChI is InChI=1S/C10H14N2O5/c13-4-6-7(14)8(15)9(17-6)5-2-1-3-11-10(16)12-5/h1-3,6-9,13-15H,4H2,(H2,11,12,16)/t6-,7-,8-,9?/m1/s1. The molecule has 94 valence electrons. The van der Waals surface area contributed by atoms with Gasteiger partial charge in [0.25, 0.3) is 0 Å². The Morgan fingerprint density at radius 2 is 2.12 bits per heavy atom. The highest BCUT2D eigenvalue weighted by atomic mass is 16.6. The zero-order chi connectivity index (χ0) is 12.4. The van der Waals surface area contributed by atoms with Crippen LogP contribution >= 0.6 is 0 Å². The predicted molar refractivity (Wildman–Crippen MR) is 56.7 cm³/mol. The molecule has 0 bridgehead atoms. The van der Waals surface area contributed by atoms with Gasteiger partial charge >= 0.3 is 6.03 Å². The molecule has 7 nitrogen and oxygen atoms in total. The lowest BCUT2D eigenvalue weighted by molar-refractivity contribution is -0.0146. The topological polar surface area (TPSA) is 111 Å². The van der Waals surface area contributed by atoms with E-state index in [0.29, 0.717) is 5.70 Å². The number of nitrogens with one attached hydrogen (secondary N) is 2. The quantitative estimate of drug-likeness (QED) is 0.391. The van der Waals surface area contributed by atoms with Crippen LogP contribution in [0.5, 0.6) is 0 Å². The summed E-state index contributed by atoms with van der Waals surface area (Å²) < 4.78 is 5.28. The van der Waals surface area contributed by atoms with Gasteiger partial charge in [0.1, 0.15) is 24.4 Å². The fraction of sp³-hybridized carbons (Fsp3) is 0.500. The molecule has 17 heavy (non-hydrogen) atoms. The average molecular weight is 242 g/mol. The third-order valence-corrected chi connectivity index (χ3v) is 2.69. The van der Waals surface area contributed by atoms with Crippen molar-refractivity contribution in [2.45, 2.75) is 24.4 Å². The molecular formula is C10H14N2O5. The summed E-state index contributed by atoms with van der Waals surface area (Å²) in [4.78, 5) is 11.2. The molecule has 5 N–H and O–H groups in total. The lowest BCUT2D eigenvalue weighted by Gasteiger charge is -2.18. The Morgan fingerprint density at radius 3 is 2.76 bits per heavy atom. The van der Waals surface area contributed by atoms with E-state index in [4.69, 9.17) is 9.84 Å². The van der Waals surface area contributed by atoms with Gasteiger partial charge in [-0.2, -0.15) is 0 Å². The third-order valence-electron chi connectivity index (χ3n) is 2.69. The Balaban J connectivity index is 2.15. The first kappa shape index (κ1) is 12.1. The number of carbonyl (C=O) groups excluding carboxylic acids is 1. The molecule has 2 aliphatic rings. The number of rotatable bonds is 2. The summed E-state index contributed by atoms with van der Waals surface area (Å²) in [5.74, 6) is 0. The number of allylic oxidation sites excluding steroid dienone is 2. The maximum Gasteiger partial charge on any atom is 0.323 e. The first-order valence-electron chi connectivity index (χ1n) is 5.20. The van der Waals surface area contributed by atoms with Crippen molar-refractivity contribution in [1.82, 2.24) is 10.6 Å². The second-order valence-electron chi connectivity index (χ2n) is 3.84. The highest BCUT2D eigenvalue weighted by Crippen LogP contribution is 2.25. The van der Waals surface area contributed by atoms with Crippen molar-refractivity contribution >= 4 is 6.03 Å². The second kappa shape index (κ2) is 4.84. The molecule has 0 radical (unpaired) electrons. The third kappa shape index (κ3) is 2.32. The number of ether oxygens (including phenoxy) is 1. The Kier molecular flexibility index (Phi) is 3.43. The van der Waals surface area contributed by atoms with Crippen LogP contribution in [0.1, 0.15) is 0 Å². The minimum Gasteiger partial charge on any atom is -0.394 e. The van der Waals surface area contributed by atoms with Crippen molar-refractivity contribution in [2.24, 2.45) is 0 Å². The maximum atomic E-state index is 11.2. The summed E-state index contributed by atoms with van der Waals surface area (Å²) >= 11 is 0. The van der Waals surface area contributed by atoms with E-state index in [2.05, 4.69) is 10.6 Å². The van der Waals surface area contributed by atoms with Crippen molar-refractivity contribution in [3.63, 3.8) is 0 Å². The van der Waals surface area contributed by atoms with Gasteiger partial charge in [-0.25, -0.2) is 4.79 Å². The van der Waals surface area contributed by atoms with Gasteiger partial charge < -0.3 is 30.7 Å². The summed E-state index contributed by atoms with van der Waals surface area (Å²) in [6, 6.07) is -0.456. The van der Waals surface area contributed by atoms with E-state index in [9.17, 15) is 15.0 Å². The summed E-state index contributed by atoms with van der Waals surface area (Å²) in [5.41, 5.74) is 0.332. The highest BCUT2D eigenvalue weighted by Gasteiger charge is 2.44. The molecule has 2 rings (SSSR count). The smallest absolute Gasteiger partial charge is 0.323 e. The van der Waals surface area contributed by atoms with Crippen molar-refractivity contribution in [3.05, 3.63) is 24.0 Å². The normalized spacial score (nSPS) is 37.1. The second-order valence-corrected chi connectivity index (χ2v) is 3.84. The van der Waals surface area contributed by atoms with E-state index in [-0.39, 0.29) is 0 Å². The largest absolute Gasteiger partial charge is 0.394 e. The van der Waals surface area contributed by atoms with Gasteiger partial charge in [0.15, 0.2) is 0 Å². The van der Waals surface area contributed by atoms with Gasteiger partial charge in [0, 0.05) is 6.20 Å². The molecular weight excluding hydrogens is 228 g/mol. The molecule has 0 aliphatic carbocycles. The lowest BCUT2D eigenvalue weighted by Crippen LogP contribution is -2.40. The molecule has 1 fully saturated rings. The molecule has 0 aromatic carbocycles. The number of hydrogen-bond acceptors (Lipinski definition) is 5.